The highest BCUT2D eigenvalue weighted by molar-refractivity contribution is 7.20. The van der Waals surface area contributed by atoms with Gasteiger partial charge in [-0.25, -0.2) is 4.68 Å². The number of methoxy groups -OCH3 is 2. The molecule has 8 heteroatoms. The van der Waals surface area contributed by atoms with Crippen LogP contribution in [0.15, 0.2) is 30.3 Å². The molecule has 144 valence electrons. The molecule has 0 saturated carbocycles. The summed E-state index contributed by atoms with van der Waals surface area (Å²) in [5.41, 5.74) is 1.66. The van der Waals surface area contributed by atoms with Gasteiger partial charge in [0.25, 0.3) is 5.91 Å². The summed E-state index contributed by atoms with van der Waals surface area (Å²) in [6, 6.07) is 9.45. The Balaban J connectivity index is 1.97. The van der Waals surface area contributed by atoms with Crippen molar-refractivity contribution in [1.29, 1.82) is 0 Å². The molecule has 0 unspecified atom stereocenters. The molecule has 0 atom stereocenters. The Hall–Kier alpha value is -1.93. The third kappa shape index (κ3) is 4.16. The van der Waals surface area contributed by atoms with Crippen LogP contribution in [-0.2, 0) is 9.47 Å². The van der Waals surface area contributed by atoms with Crippen molar-refractivity contribution in [2.24, 2.45) is 0 Å². The quantitative estimate of drug-likeness (QED) is 0.570. The Morgan fingerprint density at radius 2 is 1.89 bits per heavy atom. The third-order valence-electron chi connectivity index (χ3n) is 4.25. The molecule has 0 aliphatic heterocycles. The maximum absolute atomic E-state index is 13.0. The molecule has 0 aliphatic carbocycles. The summed E-state index contributed by atoms with van der Waals surface area (Å²) in [7, 11) is 3.25. The van der Waals surface area contributed by atoms with Crippen LogP contribution < -0.4 is 0 Å². The minimum absolute atomic E-state index is 0.0320. The van der Waals surface area contributed by atoms with Gasteiger partial charge < -0.3 is 14.4 Å². The molecule has 1 amide bonds. The Morgan fingerprint density at radius 1 is 1.22 bits per heavy atom. The van der Waals surface area contributed by atoms with Crippen molar-refractivity contribution in [2.75, 3.05) is 40.5 Å². The second-order valence-electron chi connectivity index (χ2n) is 6.06. The minimum atomic E-state index is -0.0320. The van der Waals surface area contributed by atoms with E-state index in [0.717, 1.165) is 21.6 Å². The maximum atomic E-state index is 13.0. The summed E-state index contributed by atoms with van der Waals surface area (Å²) in [5, 5.41) is 6.18. The van der Waals surface area contributed by atoms with Gasteiger partial charge in [0, 0.05) is 32.7 Å². The minimum Gasteiger partial charge on any atom is -0.383 e. The van der Waals surface area contributed by atoms with Crippen LogP contribution in [0.4, 0.5) is 0 Å². The van der Waals surface area contributed by atoms with Crippen LogP contribution in [0, 0.1) is 6.92 Å². The molecule has 0 N–H and O–H groups in total. The monoisotopic (exact) mass is 407 g/mol. The fraction of sp³-hybridized carbons (Fsp3) is 0.368. The highest BCUT2D eigenvalue weighted by atomic mass is 35.5. The van der Waals surface area contributed by atoms with E-state index in [9.17, 15) is 4.79 Å². The summed E-state index contributed by atoms with van der Waals surface area (Å²) in [4.78, 5) is 16.3. The first-order chi connectivity index (χ1) is 13.1. The second-order valence-corrected chi connectivity index (χ2v) is 7.49. The molecule has 27 heavy (non-hydrogen) atoms. The van der Waals surface area contributed by atoms with Gasteiger partial charge in [-0.2, -0.15) is 5.10 Å². The zero-order valence-corrected chi connectivity index (χ0v) is 17.1. The van der Waals surface area contributed by atoms with Gasteiger partial charge in [-0.15, -0.1) is 11.3 Å². The highest BCUT2D eigenvalue weighted by Gasteiger charge is 2.21. The topological polar surface area (TPSA) is 56.6 Å². The number of halogens is 1. The van der Waals surface area contributed by atoms with E-state index in [1.165, 1.54) is 11.3 Å². The molecule has 6 nitrogen and oxygen atoms in total. The summed E-state index contributed by atoms with van der Waals surface area (Å²) < 4.78 is 12.1. The van der Waals surface area contributed by atoms with E-state index >= 15 is 0 Å². The number of thiophene rings is 1. The van der Waals surface area contributed by atoms with E-state index in [1.54, 1.807) is 19.1 Å². The number of hydrogen-bond acceptors (Lipinski definition) is 5. The van der Waals surface area contributed by atoms with Gasteiger partial charge in [0.05, 0.1) is 34.5 Å². The molecule has 2 aromatic heterocycles. The van der Waals surface area contributed by atoms with Crippen molar-refractivity contribution >= 4 is 39.1 Å². The third-order valence-corrected chi connectivity index (χ3v) is 5.67. The lowest BCUT2D eigenvalue weighted by molar-refractivity contribution is 0.0632. The second kappa shape index (κ2) is 8.84. The van der Waals surface area contributed by atoms with E-state index in [4.69, 9.17) is 21.1 Å². The number of rotatable bonds is 8. The molecular formula is C19H22ClN3O3S. The zero-order chi connectivity index (χ0) is 19.4. The molecule has 0 aliphatic rings. The van der Waals surface area contributed by atoms with E-state index in [-0.39, 0.29) is 5.91 Å². The Kier molecular flexibility index (Phi) is 6.49. The maximum Gasteiger partial charge on any atom is 0.264 e. The van der Waals surface area contributed by atoms with Gasteiger partial charge in [0.2, 0.25) is 0 Å². The summed E-state index contributed by atoms with van der Waals surface area (Å²) >= 11 is 7.76. The molecule has 0 bridgehead atoms. The van der Waals surface area contributed by atoms with Crippen LogP contribution in [0.1, 0.15) is 15.4 Å². The number of amides is 1. The van der Waals surface area contributed by atoms with Gasteiger partial charge >= 0.3 is 0 Å². The largest absolute Gasteiger partial charge is 0.383 e. The first-order valence-corrected chi connectivity index (χ1v) is 9.77. The molecule has 0 radical (unpaired) electrons. The Labute approximate surface area is 167 Å². The molecule has 2 heterocycles. The predicted octanol–water partition coefficient (Wildman–Crippen LogP) is 3.78. The van der Waals surface area contributed by atoms with Crippen LogP contribution in [0.2, 0.25) is 5.02 Å². The first-order valence-electron chi connectivity index (χ1n) is 8.58. The molecule has 0 spiro atoms. The number of nitrogens with zero attached hydrogens (tertiary/aromatic N) is 3. The lowest BCUT2D eigenvalue weighted by atomic mass is 10.3. The first kappa shape index (κ1) is 19.8. The standard InChI is InChI=1S/C19H22ClN3O3S/c1-13-14-12-17(18(24)22(8-10-25-2)9-11-26-3)27-19(14)23(21-13)16-7-5-4-6-15(16)20/h4-7,12H,8-11H2,1-3H3. The molecular weight excluding hydrogens is 386 g/mol. The van der Waals surface area contributed by atoms with Crippen molar-refractivity contribution in [2.45, 2.75) is 6.92 Å². The van der Waals surface area contributed by atoms with E-state index in [2.05, 4.69) is 5.10 Å². The fourth-order valence-corrected chi connectivity index (χ4v) is 4.17. The lowest BCUT2D eigenvalue weighted by Gasteiger charge is -2.21. The number of benzene rings is 1. The molecule has 0 fully saturated rings. The van der Waals surface area contributed by atoms with Crippen molar-refractivity contribution in [3.05, 3.63) is 45.9 Å². The number of aryl methyl sites for hydroxylation is 1. The average Bonchev–Trinajstić information content (AvgIpc) is 3.23. The van der Waals surface area contributed by atoms with Gasteiger partial charge in [0.15, 0.2) is 0 Å². The Bertz CT molecular complexity index is 930. The van der Waals surface area contributed by atoms with Crippen LogP contribution in [-0.4, -0.2) is 61.1 Å². The van der Waals surface area contributed by atoms with E-state index in [1.807, 2.05) is 41.9 Å². The summed E-state index contributed by atoms with van der Waals surface area (Å²) in [6.07, 6.45) is 0. The van der Waals surface area contributed by atoms with Crippen molar-refractivity contribution < 1.29 is 14.3 Å². The normalized spacial score (nSPS) is 11.3. The zero-order valence-electron chi connectivity index (χ0n) is 15.6. The van der Waals surface area contributed by atoms with Crippen LogP contribution >= 0.6 is 22.9 Å². The molecule has 3 aromatic rings. The number of carbonyl (C=O) groups is 1. The van der Waals surface area contributed by atoms with Gasteiger partial charge in [-0.1, -0.05) is 23.7 Å². The van der Waals surface area contributed by atoms with Crippen LogP contribution in [0.25, 0.3) is 15.9 Å². The van der Waals surface area contributed by atoms with Crippen LogP contribution in [0.5, 0.6) is 0 Å². The average molecular weight is 408 g/mol. The SMILES string of the molecule is COCCN(CCOC)C(=O)c1cc2c(C)nn(-c3ccccc3Cl)c2s1. The molecule has 0 saturated heterocycles. The Morgan fingerprint density at radius 3 is 2.52 bits per heavy atom. The number of aromatic nitrogens is 2. The lowest BCUT2D eigenvalue weighted by Crippen LogP contribution is -2.36. The summed E-state index contributed by atoms with van der Waals surface area (Å²) in [5.74, 6) is -0.0320. The highest BCUT2D eigenvalue weighted by Crippen LogP contribution is 2.32. The van der Waals surface area contributed by atoms with Crippen LogP contribution in [0.3, 0.4) is 0 Å². The fourth-order valence-electron chi connectivity index (χ4n) is 2.81. The molecule has 1 aromatic carbocycles. The number of ether oxygens (including phenoxy) is 2. The summed E-state index contributed by atoms with van der Waals surface area (Å²) in [6.45, 7) is 3.93. The van der Waals surface area contributed by atoms with E-state index < -0.39 is 0 Å². The van der Waals surface area contributed by atoms with Gasteiger partial charge in [0.1, 0.15) is 4.83 Å². The molecule has 3 rings (SSSR count). The number of hydrogen-bond donors (Lipinski definition) is 0. The van der Waals surface area contributed by atoms with Crippen molar-refractivity contribution in [3.8, 4) is 5.69 Å². The smallest absolute Gasteiger partial charge is 0.264 e. The predicted molar refractivity (Wildman–Crippen MR) is 108 cm³/mol. The number of para-hydroxylation sites is 1. The number of fused-ring (bicyclic) bond motifs is 1. The van der Waals surface area contributed by atoms with E-state index in [0.29, 0.717) is 36.2 Å². The van der Waals surface area contributed by atoms with Crippen molar-refractivity contribution in [3.63, 3.8) is 0 Å². The number of carbonyl (C=O) groups excluding carboxylic acids is 1. The van der Waals surface area contributed by atoms with Gasteiger partial charge in [-0.05, 0) is 25.1 Å². The van der Waals surface area contributed by atoms with Crippen molar-refractivity contribution in [1.82, 2.24) is 14.7 Å². The van der Waals surface area contributed by atoms with Gasteiger partial charge in [-0.3, -0.25) is 4.79 Å².